The van der Waals surface area contributed by atoms with E-state index < -0.39 is 22.6 Å². The molecule has 0 radical (unpaired) electrons. The highest BCUT2D eigenvalue weighted by Gasteiger charge is 2.30. The fraction of sp³-hybridized carbons (Fsp3) is 0.609. The van der Waals surface area contributed by atoms with Crippen molar-refractivity contribution in [2.75, 3.05) is 32.8 Å². The predicted molar refractivity (Wildman–Crippen MR) is 122 cm³/mol. The second-order valence-electron chi connectivity index (χ2n) is 8.96. The summed E-state index contributed by atoms with van der Waals surface area (Å²) < 4.78 is 32.4. The number of hydrogen-bond donors (Lipinski definition) is 1. The Labute approximate surface area is 195 Å². The Morgan fingerprint density at radius 2 is 1.79 bits per heavy atom. The summed E-state index contributed by atoms with van der Waals surface area (Å²) in [4.78, 5) is 37.8. The lowest BCUT2D eigenvalue weighted by Crippen LogP contribution is -2.49. The van der Waals surface area contributed by atoms with Crippen LogP contribution in [0.5, 0.6) is 0 Å². The monoisotopic (exact) mass is 479 g/mol. The van der Waals surface area contributed by atoms with E-state index in [0.29, 0.717) is 24.9 Å². The van der Waals surface area contributed by atoms with Gasteiger partial charge in [0.15, 0.2) is 6.61 Å². The Morgan fingerprint density at radius 1 is 1.09 bits per heavy atom. The third kappa shape index (κ3) is 6.11. The number of nitrogens with one attached hydrogen (secondary N) is 1. The molecule has 2 aliphatic rings. The standard InChI is InChI=1S/C23H33N3O6S/c1-16-6-4-9-21(17(16)2)24-22(28)15-32-23(29)19-7-5-8-20(14-19)33(30,31)26-12-10-25(11-13-26)18(3)27/h5,7-8,14,16-17,21H,4,6,9-13,15H2,1-3H3,(H,24,28)/t16-,17-,21+/m0/s1. The van der Waals surface area contributed by atoms with Crippen LogP contribution in [0.1, 0.15) is 50.4 Å². The molecule has 182 valence electrons. The van der Waals surface area contributed by atoms with Crippen LogP contribution in [0, 0.1) is 11.8 Å². The van der Waals surface area contributed by atoms with Gasteiger partial charge in [-0.05, 0) is 36.5 Å². The highest BCUT2D eigenvalue weighted by molar-refractivity contribution is 7.89. The smallest absolute Gasteiger partial charge is 0.338 e. The number of sulfonamides is 1. The molecule has 3 atom stereocenters. The Kier molecular flexibility index (Phi) is 8.12. The van der Waals surface area contributed by atoms with E-state index in [1.807, 2.05) is 0 Å². The average molecular weight is 480 g/mol. The van der Waals surface area contributed by atoms with Crippen LogP contribution in [0.15, 0.2) is 29.2 Å². The molecule has 1 saturated carbocycles. The number of hydrogen-bond acceptors (Lipinski definition) is 6. The van der Waals surface area contributed by atoms with Crippen molar-refractivity contribution in [2.24, 2.45) is 11.8 Å². The van der Waals surface area contributed by atoms with Crippen LogP contribution in [0.2, 0.25) is 0 Å². The first-order chi connectivity index (χ1) is 15.6. The van der Waals surface area contributed by atoms with Crippen LogP contribution in [0.4, 0.5) is 0 Å². The van der Waals surface area contributed by atoms with Gasteiger partial charge in [0.2, 0.25) is 15.9 Å². The van der Waals surface area contributed by atoms with Gasteiger partial charge >= 0.3 is 5.97 Å². The van der Waals surface area contributed by atoms with Crippen molar-refractivity contribution < 1.29 is 27.5 Å². The fourth-order valence-electron chi connectivity index (χ4n) is 4.42. The number of carbonyl (C=O) groups is 3. The maximum absolute atomic E-state index is 13.0. The second kappa shape index (κ2) is 10.6. The van der Waals surface area contributed by atoms with Crippen molar-refractivity contribution in [3.05, 3.63) is 29.8 Å². The molecule has 1 aromatic carbocycles. The quantitative estimate of drug-likeness (QED) is 0.621. The maximum Gasteiger partial charge on any atom is 0.338 e. The number of ether oxygens (including phenoxy) is 1. The van der Waals surface area contributed by atoms with Gasteiger partial charge < -0.3 is 15.0 Å². The number of benzene rings is 1. The molecule has 1 heterocycles. The normalized spacial score (nSPS) is 24.2. The molecule has 3 rings (SSSR count). The van der Waals surface area contributed by atoms with Crippen LogP contribution in [0.3, 0.4) is 0 Å². The van der Waals surface area contributed by atoms with Crippen molar-refractivity contribution in [3.8, 4) is 0 Å². The zero-order valence-electron chi connectivity index (χ0n) is 19.5. The van der Waals surface area contributed by atoms with Gasteiger partial charge in [-0.2, -0.15) is 4.31 Å². The molecule has 0 aromatic heterocycles. The lowest BCUT2D eigenvalue weighted by atomic mass is 9.78. The van der Waals surface area contributed by atoms with Gasteiger partial charge in [0, 0.05) is 39.1 Å². The molecule has 33 heavy (non-hydrogen) atoms. The molecule has 2 amide bonds. The SMILES string of the molecule is CC(=O)N1CCN(S(=O)(=O)c2cccc(C(=O)OCC(=O)N[C@@H]3CCC[C@H](C)[C@@H]3C)c2)CC1. The molecule has 1 aliphatic carbocycles. The molecule has 1 aromatic rings. The van der Waals surface area contributed by atoms with E-state index in [9.17, 15) is 22.8 Å². The minimum Gasteiger partial charge on any atom is -0.452 e. The highest BCUT2D eigenvalue weighted by Crippen LogP contribution is 2.29. The summed E-state index contributed by atoms with van der Waals surface area (Å²) in [6, 6.07) is 5.68. The van der Waals surface area contributed by atoms with Crippen molar-refractivity contribution >= 4 is 27.8 Å². The number of esters is 1. The van der Waals surface area contributed by atoms with Gasteiger partial charge in [-0.25, -0.2) is 13.2 Å². The van der Waals surface area contributed by atoms with E-state index in [0.717, 1.165) is 19.3 Å². The Hall–Kier alpha value is -2.46. The minimum atomic E-state index is -3.82. The first kappa shape index (κ1) is 25.2. The molecule has 1 N–H and O–H groups in total. The van der Waals surface area contributed by atoms with Crippen molar-refractivity contribution in [3.63, 3.8) is 0 Å². The number of amides is 2. The minimum absolute atomic E-state index is 0.0253. The van der Waals surface area contributed by atoms with Crippen molar-refractivity contribution in [1.82, 2.24) is 14.5 Å². The zero-order valence-corrected chi connectivity index (χ0v) is 20.3. The molecule has 0 spiro atoms. The number of nitrogens with zero attached hydrogens (tertiary/aromatic N) is 2. The van der Waals surface area contributed by atoms with Gasteiger partial charge in [-0.3, -0.25) is 9.59 Å². The van der Waals surface area contributed by atoms with Crippen molar-refractivity contribution in [1.29, 1.82) is 0 Å². The molecule has 1 saturated heterocycles. The van der Waals surface area contributed by atoms with Gasteiger partial charge in [0.25, 0.3) is 5.91 Å². The van der Waals surface area contributed by atoms with Gasteiger partial charge in [0.05, 0.1) is 10.5 Å². The number of carbonyl (C=O) groups excluding carboxylic acids is 3. The summed E-state index contributed by atoms with van der Waals surface area (Å²) in [6.45, 7) is 6.35. The van der Waals surface area contributed by atoms with E-state index in [2.05, 4.69) is 19.2 Å². The topological polar surface area (TPSA) is 113 Å². The van der Waals surface area contributed by atoms with E-state index in [1.165, 1.54) is 35.5 Å². The Morgan fingerprint density at radius 3 is 2.45 bits per heavy atom. The number of rotatable bonds is 6. The first-order valence-corrected chi connectivity index (χ1v) is 12.9. The summed E-state index contributed by atoms with van der Waals surface area (Å²) in [5.41, 5.74) is 0.0610. The third-order valence-corrected chi connectivity index (χ3v) is 8.67. The van der Waals surface area contributed by atoms with Crippen LogP contribution in [-0.4, -0.2) is 74.2 Å². The second-order valence-corrected chi connectivity index (χ2v) is 10.9. The highest BCUT2D eigenvalue weighted by atomic mass is 32.2. The van der Waals surface area contributed by atoms with Crippen molar-refractivity contribution in [2.45, 2.75) is 51.0 Å². The summed E-state index contributed by atoms with van der Waals surface area (Å²) >= 11 is 0. The summed E-state index contributed by atoms with van der Waals surface area (Å²) in [5.74, 6) is -0.317. The molecule has 1 aliphatic heterocycles. The molecule has 0 unspecified atom stereocenters. The maximum atomic E-state index is 13.0. The summed E-state index contributed by atoms with van der Waals surface area (Å²) in [6.07, 6.45) is 3.11. The van der Waals surface area contributed by atoms with E-state index in [1.54, 1.807) is 4.90 Å². The lowest BCUT2D eigenvalue weighted by molar-refractivity contribution is -0.130. The van der Waals surface area contributed by atoms with Crippen LogP contribution in [-0.2, 0) is 24.3 Å². The lowest BCUT2D eigenvalue weighted by Gasteiger charge is -2.34. The van der Waals surface area contributed by atoms with Gasteiger partial charge in [-0.1, -0.05) is 32.8 Å². The third-order valence-electron chi connectivity index (χ3n) is 6.78. The molecular formula is C23H33N3O6S. The summed E-state index contributed by atoms with van der Waals surface area (Å²) in [5, 5.41) is 2.95. The first-order valence-electron chi connectivity index (χ1n) is 11.4. The van der Waals surface area contributed by atoms with Crippen LogP contribution < -0.4 is 5.32 Å². The summed E-state index contributed by atoms with van der Waals surface area (Å²) in [7, 11) is -3.82. The van der Waals surface area contributed by atoms with Gasteiger partial charge in [0.1, 0.15) is 0 Å². The van der Waals surface area contributed by atoms with E-state index in [4.69, 9.17) is 4.74 Å². The average Bonchev–Trinajstić information content (AvgIpc) is 2.80. The molecule has 10 heteroatoms. The Balaban J connectivity index is 1.58. The number of piperazine rings is 1. The predicted octanol–water partition coefficient (Wildman–Crippen LogP) is 1.64. The van der Waals surface area contributed by atoms with E-state index >= 15 is 0 Å². The van der Waals surface area contributed by atoms with Crippen LogP contribution in [0.25, 0.3) is 0 Å². The molecule has 2 fully saturated rings. The molecule has 0 bridgehead atoms. The Bertz CT molecular complexity index is 988. The molecular weight excluding hydrogens is 446 g/mol. The fourth-order valence-corrected chi connectivity index (χ4v) is 5.89. The zero-order chi connectivity index (χ0) is 24.2. The van der Waals surface area contributed by atoms with E-state index in [-0.39, 0.29) is 41.4 Å². The van der Waals surface area contributed by atoms with Gasteiger partial charge in [-0.15, -0.1) is 0 Å². The van der Waals surface area contributed by atoms with Crippen LogP contribution >= 0.6 is 0 Å². The largest absolute Gasteiger partial charge is 0.452 e. The molecule has 9 nitrogen and oxygen atoms in total.